The van der Waals surface area contributed by atoms with Crippen molar-refractivity contribution in [2.75, 3.05) is 4.90 Å². The van der Waals surface area contributed by atoms with Gasteiger partial charge in [-0.25, -0.2) is 0 Å². The zero-order valence-electron chi connectivity index (χ0n) is 42.5. The van der Waals surface area contributed by atoms with Gasteiger partial charge in [-0.2, -0.15) is 0 Å². The highest BCUT2D eigenvalue weighted by Crippen LogP contribution is 2.45. The van der Waals surface area contributed by atoms with Crippen molar-refractivity contribution >= 4 is 82.5 Å². The SMILES string of the molecule is [2H]c1c([2H])c(N(c2c([2H])c([2H])c(-c3c([2H])c([2H])c([2H])c4c([2H])c([2H])c([2H])c([2H])c34)c([2H])c2[2H])c2cccc3oc4c5ccccc5ccc4c23)c([2H])c([2H])c1-c1ccc2c(c1)oc1ccccc12. The molecule has 0 radical (unpaired) electrons. The lowest BCUT2D eigenvalue weighted by atomic mass is 9.98. The van der Waals surface area contributed by atoms with E-state index in [0.717, 1.165) is 26.4 Å². The van der Waals surface area contributed by atoms with Gasteiger partial charge in [-0.05, 0) is 99.0 Å². The zero-order valence-corrected chi connectivity index (χ0v) is 27.5. The van der Waals surface area contributed by atoms with Gasteiger partial charge in [0, 0.05) is 32.9 Å². The summed E-state index contributed by atoms with van der Waals surface area (Å²) < 4.78 is 150. The number of para-hydroxylation sites is 1. The number of benzene rings is 9. The molecule has 248 valence electrons. The molecule has 0 fully saturated rings. The van der Waals surface area contributed by atoms with Gasteiger partial charge in [0.2, 0.25) is 0 Å². The minimum Gasteiger partial charge on any atom is -0.456 e. The summed E-state index contributed by atoms with van der Waals surface area (Å²) in [7, 11) is 0. The fourth-order valence-corrected chi connectivity index (χ4v) is 7.06. The Labute approximate surface area is 326 Å². The molecule has 0 bridgehead atoms. The molecule has 0 atom stereocenters. The molecule has 0 aliphatic rings. The smallest absolute Gasteiger partial charge is 0.143 e. The van der Waals surface area contributed by atoms with Crippen LogP contribution in [0.5, 0.6) is 0 Å². The van der Waals surface area contributed by atoms with Crippen LogP contribution in [0, 0.1) is 0 Å². The predicted molar refractivity (Wildman–Crippen MR) is 222 cm³/mol. The van der Waals surface area contributed by atoms with Crippen molar-refractivity contribution in [2.45, 2.75) is 0 Å². The maximum Gasteiger partial charge on any atom is 0.143 e. The second-order valence-electron chi connectivity index (χ2n) is 12.5. The lowest BCUT2D eigenvalue weighted by Gasteiger charge is -2.26. The minimum atomic E-state index is -0.813. The molecule has 53 heavy (non-hydrogen) atoms. The van der Waals surface area contributed by atoms with Crippen molar-refractivity contribution in [2.24, 2.45) is 0 Å². The van der Waals surface area contributed by atoms with Crippen LogP contribution in [0.15, 0.2) is 197 Å². The maximum absolute atomic E-state index is 9.71. The van der Waals surface area contributed by atoms with Crippen LogP contribution in [0.4, 0.5) is 17.1 Å². The number of nitrogens with zero attached hydrogens (tertiary/aromatic N) is 1. The highest BCUT2D eigenvalue weighted by molar-refractivity contribution is 6.19. The Kier molecular flexibility index (Phi) is 4.07. The predicted octanol–water partition coefficient (Wildman–Crippen LogP) is 14.6. The first-order valence-corrected chi connectivity index (χ1v) is 16.8. The van der Waals surface area contributed by atoms with Crippen LogP contribution < -0.4 is 4.90 Å². The molecule has 9 aromatic carbocycles. The fourth-order valence-electron chi connectivity index (χ4n) is 7.06. The first-order valence-electron chi connectivity index (χ1n) is 24.3. The Hall–Kier alpha value is -7.10. The summed E-state index contributed by atoms with van der Waals surface area (Å²) in [5.41, 5.74) is 0.151. The number of anilines is 3. The van der Waals surface area contributed by atoms with Crippen molar-refractivity contribution in [3.05, 3.63) is 188 Å². The van der Waals surface area contributed by atoms with Crippen LogP contribution in [0.25, 0.3) is 87.7 Å². The van der Waals surface area contributed by atoms with Gasteiger partial charge in [0.05, 0.1) is 31.6 Å². The number of rotatable bonds is 5. The second kappa shape index (κ2) is 11.7. The molecule has 0 amide bonds. The molecule has 11 aromatic rings. The van der Waals surface area contributed by atoms with E-state index in [9.17, 15) is 11.0 Å². The number of hydrogen-bond acceptors (Lipinski definition) is 3. The third-order valence-corrected chi connectivity index (χ3v) is 9.51. The molecular formula is C50H31NO2. The lowest BCUT2D eigenvalue weighted by Crippen LogP contribution is -2.10. The Bertz CT molecular complexity index is 4000. The summed E-state index contributed by atoms with van der Waals surface area (Å²) >= 11 is 0. The van der Waals surface area contributed by atoms with E-state index in [0.29, 0.717) is 38.7 Å². The third kappa shape index (κ3) is 4.75. The van der Waals surface area contributed by atoms with Crippen molar-refractivity contribution in [1.29, 1.82) is 0 Å². The Morgan fingerprint density at radius 3 is 1.98 bits per heavy atom. The molecule has 0 aliphatic carbocycles. The first kappa shape index (κ1) is 18.4. The first-order chi connectivity index (χ1) is 32.5. The van der Waals surface area contributed by atoms with Crippen molar-refractivity contribution < 1.29 is 29.4 Å². The molecule has 0 spiro atoms. The van der Waals surface area contributed by atoms with Crippen LogP contribution in [-0.4, -0.2) is 0 Å². The molecular weight excluding hydrogens is 647 g/mol. The topological polar surface area (TPSA) is 29.5 Å². The lowest BCUT2D eigenvalue weighted by molar-refractivity contribution is 0.669. The number of furan rings is 2. The Morgan fingerprint density at radius 2 is 1.11 bits per heavy atom. The van der Waals surface area contributed by atoms with Crippen molar-refractivity contribution in [1.82, 2.24) is 0 Å². The normalized spacial score (nSPS) is 15.7. The highest BCUT2D eigenvalue weighted by Gasteiger charge is 2.21. The molecule has 0 unspecified atom stereocenters. The standard InChI is InChI=1S/C50H31NO2/c1-3-12-39-33(9-1)11-7-15-40(39)35-21-27-38(28-22-35)51(45-16-8-18-47-49(45)44-30-23-34-10-2-4-13-41(34)50(44)53-47)37-25-19-32(20-26-37)36-24-29-43-42-14-5-6-17-46(42)52-48(43)31-36/h1-31H/i1D,3D,7D,9D,11D,12D,15D,19D,20D,21D,22D,25D,26D,27D,28D. The van der Waals surface area contributed by atoms with Crippen molar-refractivity contribution in [3.63, 3.8) is 0 Å². The Morgan fingerprint density at radius 1 is 0.415 bits per heavy atom. The van der Waals surface area contributed by atoms with E-state index in [1.807, 2.05) is 60.7 Å². The highest BCUT2D eigenvalue weighted by atomic mass is 16.3. The largest absolute Gasteiger partial charge is 0.456 e. The quantitative estimate of drug-likeness (QED) is 0.180. The molecule has 3 nitrogen and oxygen atoms in total. The molecule has 11 rings (SSSR count). The summed E-state index contributed by atoms with van der Waals surface area (Å²) in [4.78, 5) is 1.15. The van der Waals surface area contributed by atoms with Crippen LogP contribution >= 0.6 is 0 Å². The van der Waals surface area contributed by atoms with E-state index in [4.69, 9.17) is 18.4 Å². The van der Waals surface area contributed by atoms with Crippen LogP contribution in [0.3, 0.4) is 0 Å². The van der Waals surface area contributed by atoms with E-state index in [2.05, 4.69) is 0 Å². The van der Waals surface area contributed by atoms with E-state index < -0.39 is 124 Å². The van der Waals surface area contributed by atoms with Crippen LogP contribution in [0.1, 0.15) is 20.6 Å². The minimum absolute atomic E-state index is 0.0668. The molecule has 2 heterocycles. The summed E-state index contributed by atoms with van der Waals surface area (Å²) in [5, 5.41) is 3.30. The third-order valence-electron chi connectivity index (χ3n) is 9.51. The summed E-state index contributed by atoms with van der Waals surface area (Å²) in [5.74, 6) is 0. The molecule has 0 N–H and O–H groups in total. The molecule has 3 heteroatoms. The van der Waals surface area contributed by atoms with Crippen molar-refractivity contribution in [3.8, 4) is 22.3 Å². The summed E-state index contributed by atoms with van der Waals surface area (Å²) in [6.45, 7) is 0. The summed E-state index contributed by atoms with van der Waals surface area (Å²) in [6.07, 6.45) is 0. The van der Waals surface area contributed by atoms with Gasteiger partial charge in [-0.3, -0.25) is 0 Å². The zero-order chi connectivity index (χ0) is 47.9. The molecule has 0 aliphatic heterocycles. The fraction of sp³-hybridized carbons (Fsp3) is 0. The van der Waals surface area contributed by atoms with Gasteiger partial charge in [-0.15, -0.1) is 0 Å². The van der Waals surface area contributed by atoms with E-state index >= 15 is 0 Å². The molecule has 0 saturated carbocycles. The number of fused-ring (bicyclic) bond motifs is 9. The molecule has 2 aromatic heterocycles. The Balaban J connectivity index is 1.23. The maximum atomic E-state index is 9.71. The van der Waals surface area contributed by atoms with Gasteiger partial charge < -0.3 is 13.7 Å². The van der Waals surface area contributed by atoms with Gasteiger partial charge >= 0.3 is 0 Å². The van der Waals surface area contributed by atoms with E-state index in [1.165, 1.54) is 0 Å². The van der Waals surface area contributed by atoms with Gasteiger partial charge in [-0.1, -0.05) is 127 Å². The monoisotopic (exact) mass is 692 g/mol. The molecule has 0 saturated heterocycles. The van der Waals surface area contributed by atoms with E-state index in [1.54, 1.807) is 36.4 Å². The van der Waals surface area contributed by atoms with Crippen LogP contribution in [-0.2, 0) is 0 Å². The second-order valence-corrected chi connectivity index (χ2v) is 12.5. The van der Waals surface area contributed by atoms with Crippen LogP contribution in [0.2, 0.25) is 0 Å². The average Bonchev–Trinajstić information content (AvgIpc) is 3.92. The van der Waals surface area contributed by atoms with E-state index in [-0.39, 0.29) is 11.3 Å². The summed E-state index contributed by atoms with van der Waals surface area (Å²) in [6, 6.07) is 18.2. The van der Waals surface area contributed by atoms with Gasteiger partial charge in [0.25, 0.3) is 0 Å². The van der Waals surface area contributed by atoms with Gasteiger partial charge in [0.1, 0.15) is 22.3 Å². The average molecular weight is 693 g/mol. The van der Waals surface area contributed by atoms with Gasteiger partial charge in [0.15, 0.2) is 0 Å². The number of hydrogen-bond donors (Lipinski definition) is 0.